The van der Waals surface area contributed by atoms with E-state index >= 15 is 0 Å². The molecule has 1 heterocycles. The number of para-hydroxylation sites is 1. The molecule has 0 amide bonds. The van der Waals surface area contributed by atoms with Crippen LogP contribution in [0.25, 0.3) is 0 Å². The van der Waals surface area contributed by atoms with E-state index in [1.54, 1.807) is 7.11 Å². The molecule has 0 aromatic heterocycles. The number of nitrogens with zero attached hydrogens (tertiary/aromatic N) is 2. The summed E-state index contributed by atoms with van der Waals surface area (Å²) in [7, 11) is 1.69. The molecule has 5 nitrogen and oxygen atoms in total. The third kappa shape index (κ3) is 5.64. The van der Waals surface area contributed by atoms with E-state index in [2.05, 4.69) is 58.9 Å². The normalized spacial score (nSPS) is 17.0. The Morgan fingerprint density at radius 3 is 2.78 bits per heavy atom. The standard InChI is InChI=1S/C22H30N4O/c1-3-23-22(24-15-18-8-7-11-21(14-18)27-2)25-16-19-12-13-26(17-19)20-9-5-4-6-10-20/h4-11,14,19H,3,12-13,15-17H2,1-2H3,(H2,23,24,25). The monoisotopic (exact) mass is 366 g/mol. The zero-order valence-electron chi connectivity index (χ0n) is 16.3. The molecule has 1 fully saturated rings. The van der Waals surface area contributed by atoms with Crippen molar-refractivity contribution in [2.75, 3.05) is 38.2 Å². The first-order valence-electron chi connectivity index (χ1n) is 9.73. The molecular formula is C22H30N4O. The highest BCUT2D eigenvalue weighted by atomic mass is 16.5. The maximum absolute atomic E-state index is 5.29. The van der Waals surface area contributed by atoms with Gasteiger partial charge in [0, 0.05) is 31.9 Å². The summed E-state index contributed by atoms with van der Waals surface area (Å²) in [6.45, 7) is 6.72. The van der Waals surface area contributed by atoms with Crippen molar-refractivity contribution in [1.29, 1.82) is 0 Å². The van der Waals surface area contributed by atoms with Crippen molar-refractivity contribution in [3.8, 4) is 5.75 Å². The second-order valence-corrected chi connectivity index (χ2v) is 6.86. The predicted molar refractivity (Wildman–Crippen MR) is 113 cm³/mol. The number of guanidine groups is 1. The van der Waals surface area contributed by atoms with Gasteiger partial charge in [0.25, 0.3) is 0 Å². The van der Waals surface area contributed by atoms with Crippen molar-refractivity contribution in [2.24, 2.45) is 10.9 Å². The third-order valence-corrected chi connectivity index (χ3v) is 4.86. The fourth-order valence-corrected chi connectivity index (χ4v) is 3.40. The summed E-state index contributed by atoms with van der Waals surface area (Å²) < 4.78 is 5.29. The van der Waals surface area contributed by atoms with Crippen LogP contribution in [0.2, 0.25) is 0 Å². The van der Waals surface area contributed by atoms with Crippen LogP contribution in [0.4, 0.5) is 5.69 Å². The van der Waals surface area contributed by atoms with Gasteiger partial charge in [0.2, 0.25) is 0 Å². The Labute approximate surface area is 162 Å². The van der Waals surface area contributed by atoms with Crippen LogP contribution in [-0.4, -0.2) is 39.2 Å². The van der Waals surface area contributed by atoms with Gasteiger partial charge in [-0.05, 0) is 49.1 Å². The van der Waals surface area contributed by atoms with Crippen LogP contribution in [0.5, 0.6) is 5.75 Å². The van der Waals surface area contributed by atoms with E-state index < -0.39 is 0 Å². The van der Waals surface area contributed by atoms with Crippen molar-refractivity contribution >= 4 is 11.6 Å². The van der Waals surface area contributed by atoms with E-state index in [1.807, 2.05) is 18.2 Å². The van der Waals surface area contributed by atoms with E-state index in [4.69, 9.17) is 9.73 Å². The Morgan fingerprint density at radius 1 is 1.15 bits per heavy atom. The Balaban J connectivity index is 1.52. The van der Waals surface area contributed by atoms with E-state index in [0.717, 1.165) is 43.5 Å². The fraction of sp³-hybridized carbons (Fsp3) is 0.409. The highest BCUT2D eigenvalue weighted by molar-refractivity contribution is 5.79. The molecule has 2 N–H and O–H groups in total. The maximum atomic E-state index is 5.29. The van der Waals surface area contributed by atoms with Crippen LogP contribution in [0.3, 0.4) is 0 Å². The average Bonchev–Trinajstić information content (AvgIpc) is 3.20. The number of anilines is 1. The lowest BCUT2D eigenvalue weighted by atomic mass is 10.1. The van der Waals surface area contributed by atoms with E-state index in [0.29, 0.717) is 12.5 Å². The molecule has 1 atom stereocenters. The van der Waals surface area contributed by atoms with Gasteiger partial charge in [-0.3, -0.25) is 0 Å². The van der Waals surface area contributed by atoms with Gasteiger partial charge in [-0.25, -0.2) is 4.99 Å². The van der Waals surface area contributed by atoms with Crippen LogP contribution in [-0.2, 0) is 6.54 Å². The summed E-state index contributed by atoms with van der Waals surface area (Å²) in [5, 5.41) is 6.86. The number of aliphatic imine (C=N–C) groups is 1. The van der Waals surface area contributed by atoms with Crippen LogP contribution in [0.1, 0.15) is 18.9 Å². The molecular weight excluding hydrogens is 336 g/mol. The Hall–Kier alpha value is -2.69. The van der Waals surface area contributed by atoms with Gasteiger partial charge < -0.3 is 20.3 Å². The number of methoxy groups -OCH3 is 1. The Kier molecular flexibility index (Phi) is 6.97. The SMILES string of the molecule is CCNC(=NCc1cccc(OC)c1)NCC1CCN(c2ccccc2)C1. The summed E-state index contributed by atoms with van der Waals surface area (Å²) in [5.41, 5.74) is 2.46. The van der Waals surface area contributed by atoms with Crippen molar-refractivity contribution in [3.63, 3.8) is 0 Å². The molecule has 2 aromatic rings. The van der Waals surface area contributed by atoms with Crippen molar-refractivity contribution < 1.29 is 4.74 Å². The number of hydrogen-bond donors (Lipinski definition) is 2. The molecule has 1 aliphatic rings. The van der Waals surface area contributed by atoms with Crippen LogP contribution in [0.15, 0.2) is 59.6 Å². The topological polar surface area (TPSA) is 48.9 Å². The zero-order chi connectivity index (χ0) is 18.9. The first-order valence-corrected chi connectivity index (χ1v) is 9.73. The first kappa shape index (κ1) is 19.1. The summed E-state index contributed by atoms with van der Waals surface area (Å²) in [5.74, 6) is 2.37. The van der Waals surface area contributed by atoms with Crippen LogP contribution >= 0.6 is 0 Å². The number of rotatable bonds is 7. The van der Waals surface area contributed by atoms with Gasteiger partial charge in [-0.1, -0.05) is 30.3 Å². The zero-order valence-corrected chi connectivity index (χ0v) is 16.3. The van der Waals surface area contributed by atoms with E-state index in [-0.39, 0.29) is 0 Å². The van der Waals surface area contributed by atoms with Gasteiger partial charge in [0.1, 0.15) is 5.75 Å². The van der Waals surface area contributed by atoms with E-state index in [9.17, 15) is 0 Å². The lowest BCUT2D eigenvalue weighted by Crippen LogP contribution is -2.40. The van der Waals surface area contributed by atoms with Gasteiger partial charge in [-0.15, -0.1) is 0 Å². The molecule has 0 spiro atoms. The number of benzene rings is 2. The van der Waals surface area contributed by atoms with Gasteiger partial charge in [0.15, 0.2) is 5.96 Å². The Bertz CT molecular complexity index is 732. The highest BCUT2D eigenvalue weighted by Crippen LogP contribution is 2.22. The second kappa shape index (κ2) is 9.86. The predicted octanol–water partition coefficient (Wildman–Crippen LogP) is 3.28. The molecule has 0 aliphatic carbocycles. The molecule has 0 bridgehead atoms. The van der Waals surface area contributed by atoms with Crippen LogP contribution < -0.4 is 20.3 Å². The number of hydrogen-bond acceptors (Lipinski definition) is 3. The first-order chi connectivity index (χ1) is 13.3. The summed E-state index contributed by atoms with van der Waals surface area (Å²) >= 11 is 0. The quantitative estimate of drug-likeness (QED) is 0.583. The van der Waals surface area contributed by atoms with Crippen molar-refractivity contribution in [1.82, 2.24) is 10.6 Å². The summed E-state index contributed by atoms with van der Waals surface area (Å²) in [4.78, 5) is 7.19. The molecule has 0 saturated carbocycles. The third-order valence-electron chi connectivity index (χ3n) is 4.86. The molecule has 3 rings (SSSR count). The molecule has 2 aromatic carbocycles. The molecule has 144 valence electrons. The lowest BCUT2D eigenvalue weighted by molar-refractivity contribution is 0.414. The van der Waals surface area contributed by atoms with Crippen molar-refractivity contribution in [3.05, 3.63) is 60.2 Å². The number of ether oxygens (including phenoxy) is 1. The molecule has 1 aliphatic heterocycles. The Morgan fingerprint density at radius 2 is 2.00 bits per heavy atom. The molecule has 5 heteroatoms. The maximum Gasteiger partial charge on any atom is 0.191 e. The number of nitrogens with one attached hydrogen (secondary N) is 2. The van der Waals surface area contributed by atoms with Gasteiger partial charge >= 0.3 is 0 Å². The molecule has 1 unspecified atom stereocenters. The molecule has 0 radical (unpaired) electrons. The van der Waals surface area contributed by atoms with E-state index in [1.165, 1.54) is 12.1 Å². The smallest absolute Gasteiger partial charge is 0.191 e. The fourth-order valence-electron chi connectivity index (χ4n) is 3.40. The van der Waals surface area contributed by atoms with Crippen molar-refractivity contribution in [2.45, 2.75) is 19.9 Å². The van der Waals surface area contributed by atoms with Gasteiger partial charge in [0.05, 0.1) is 13.7 Å². The largest absolute Gasteiger partial charge is 0.497 e. The minimum atomic E-state index is 0.630. The molecule has 27 heavy (non-hydrogen) atoms. The minimum Gasteiger partial charge on any atom is -0.497 e. The average molecular weight is 367 g/mol. The lowest BCUT2D eigenvalue weighted by Gasteiger charge is -2.19. The molecule has 1 saturated heterocycles. The van der Waals surface area contributed by atoms with Gasteiger partial charge in [-0.2, -0.15) is 0 Å². The van der Waals surface area contributed by atoms with Crippen LogP contribution in [0, 0.1) is 5.92 Å². The minimum absolute atomic E-state index is 0.630. The summed E-state index contributed by atoms with van der Waals surface area (Å²) in [6, 6.07) is 18.7. The second-order valence-electron chi connectivity index (χ2n) is 6.86. The highest BCUT2D eigenvalue weighted by Gasteiger charge is 2.22. The summed E-state index contributed by atoms with van der Waals surface area (Å²) in [6.07, 6.45) is 1.21.